The van der Waals surface area contributed by atoms with Crippen molar-refractivity contribution in [2.45, 2.75) is 31.7 Å². The molecule has 1 fully saturated rings. The van der Waals surface area contributed by atoms with E-state index < -0.39 is 6.09 Å². The zero-order valence-corrected chi connectivity index (χ0v) is 15.4. The number of hydrogen-bond acceptors (Lipinski definition) is 3. The monoisotopic (exact) mass is 370 g/mol. The molecule has 0 bridgehead atoms. The maximum absolute atomic E-state index is 13.2. The number of fused-ring (bicyclic) bond motifs is 1. The summed E-state index contributed by atoms with van der Waals surface area (Å²) >= 11 is 0. The van der Waals surface area contributed by atoms with E-state index in [-0.39, 0.29) is 18.6 Å². The van der Waals surface area contributed by atoms with Crippen LogP contribution in [-0.2, 0) is 0 Å². The highest BCUT2D eigenvalue weighted by atomic mass is 16.4. The average molecular weight is 370 g/mol. The Labute approximate surface area is 159 Å². The van der Waals surface area contributed by atoms with E-state index >= 15 is 0 Å². The van der Waals surface area contributed by atoms with Gasteiger partial charge in [0.25, 0.3) is 5.91 Å². The zero-order chi connectivity index (χ0) is 19.2. The van der Waals surface area contributed by atoms with Crippen molar-refractivity contribution >= 4 is 22.8 Å². The Hall–Kier alpha value is -2.60. The van der Waals surface area contributed by atoms with Gasteiger partial charge in [0.05, 0.1) is 0 Å². The van der Waals surface area contributed by atoms with Gasteiger partial charge >= 0.3 is 6.09 Å². The predicted molar refractivity (Wildman–Crippen MR) is 104 cm³/mol. The molecule has 0 saturated carbocycles. The fourth-order valence-electron chi connectivity index (χ4n) is 3.70. The summed E-state index contributed by atoms with van der Waals surface area (Å²) in [5.74, 6) is -0.0209. The summed E-state index contributed by atoms with van der Waals surface area (Å²) in [5.41, 5.74) is 0.651. The van der Waals surface area contributed by atoms with Crippen molar-refractivity contribution in [3.63, 3.8) is 0 Å². The lowest BCUT2D eigenvalue weighted by molar-refractivity contribution is 0.0564. The number of likely N-dealkylation sites (tertiary alicyclic amines) is 1. The van der Waals surface area contributed by atoms with Gasteiger partial charge < -0.3 is 20.0 Å². The number of amides is 2. The number of nitrogens with zero attached hydrogens (tertiary/aromatic N) is 2. The highest BCUT2D eigenvalue weighted by molar-refractivity contribution is 5.98. The minimum atomic E-state index is -0.902. The van der Waals surface area contributed by atoms with Crippen LogP contribution in [0.5, 0.6) is 0 Å². The van der Waals surface area contributed by atoms with Crippen LogP contribution in [0.25, 0.3) is 10.8 Å². The molecule has 2 amide bonds. The number of piperidine rings is 1. The van der Waals surface area contributed by atoms with Crippen LogP contribution in [0.2, 0.25) is 0 Å². The third-order valence-corrected chi connectivity index (χ3v) is 5.24. The van der Waals surface area contributed by atoms with Gasteiger partial charge in [-0.1, -0.05) is 30.3 Å². The van der Waals surface area contributed by atoms with Crippen LogP contribution in [0.3, 0.4) is 0 Å². The first-order valence-electron chi connectivity index (χ1n) is 9.48. The second kappa shape index (κ2) is 8.86. The Morgan fingerprint density at radius 2 is 1.74 bits per heavy atom. The van der Waals surface area contributed by atoms with E-state index in [9.17, 15) is 9.59 Å². The molecule has 1 saturated heterocycles. The minimum Gasteiger partial charge on any atom is -0.465 e. The van der Waals surface area contributed by atoms with Crippen LogP contribution in [-0.4, -0.2) is 64.3 Å². The predicted octanol–water partition coefficient (Wildman–Crippen LogP) is 3.20. The summed E-state index contributed by atoms with van der Waals surface area (Å²) in [7, 11) is 0. The van der Waals surface area contributed by atoms with Gasteiger partial charge in [0.2, 0.25) is 0 Å². The van der Waals surface area contributed by atoms with E-state index in [2.05, 4.69) is 0 Å². The first-order valence-corrected chi connectivity index (χ1v) is 9.48. The van der Waals surface area contributed by atoms with Crippen molar-refractivity contribution in [2.75, 3.05) is 26.2 Å². The Balaban J connectivity index is 1.78. The summed E-state index contributed by atoms with van der Waals surface area (Å²) < 4.78 is 0. The summed E-state index contributed by atoms with van der Waals surface area (Å²) in [6.45, 7) is 1.57. The fourth-order valence-corrected chi connectivity index (χ4v) is 3.70. The van der Waals surface area contributed by atoms with Crippen molar-refractivity contribution in [2.24, 2.45) is 0 Å². The van der Waals surface area contributed by atoms with E-state index in [1.807, 2.05) is 47.4 Å². The molecule has 2 aromatic carbocycles. The molecular weight excluding hydrogens is 344 g/mol. The van der Waals surface area contributed by atoms with Crippen LogP contribution in [0.1, 0.15) is 36.0 Å². The third kappa shape index (κ3) is 4.57. The van der Waals surface area contributed by atoms with Gasteiger partial charge in [-0.05, 0) is 48.6 Å². The van der Waals surface area contributed by atoms with Gasteiger partial charge in [0.1, 0.15) is 0 Å². The van der Waals surface area contributed by atoms with E-state index in [1.165, 1.54) is 4.90 Å². The molecule has 27 heavy (non-hydrogen) atoms. The van der Waals surface area contributed by atoms with Gasteiger partial charge in [-0.2, -0.15) is 0 Å². The van der Waals surface area contributed by atoms with E-state index in [4.69, 9.17) is 10.2 Å². The third-order valence-electron chi connectivity index (χ3n) is 5.24. The fraction of sp³-hybridized carbons (Fsp3) is 0.429. The summed E-state index contributed by atoms with van der Waals surface area (Å²) in [6.07, 6.45) is 1.76. The Morgan fingerprint density at radius 1 is 1.04 bits per heavy atom. The van der Waals surface area contributed by atoms with Gasteiger partial charge in [-0.15, -0.1) is 0 Å². The van der Waals surface area contributed by atoms with Crippen LogP contribution >= 0.6 is 0 Å². The number of carboxylic acid groups (broad SMARTS) is 1. The standard InChI is InChI=1S/C21H26N2O4/c24-14-4-3-11-23(19-9-12-22(13-10-19)21(26)27)20(25)18-8-7-16-5-1-2-6-17(16)15-18/h1-2,5-8,15,19,24H,3-4,9-14H2,(H,26,27). The molecule has 2 N–H and O–H groups in total. The molecule has 6 heteroatoms. The second-order valence-electron chi connectivity index (χ2n) is 6.99. The minimum absolute atomic E-state index is 0.0209. The van der Waals surface area contributed by atoms with Crippen LogP contribution in [0.15, 0.2) is 42.5 Å². The maximum Gasteiger partial charge on any atom is 0.407 e. The molecule has 1 heterocycles. The average Bonchev–Trinajstić information content (AvgIpc) is 2.70. The molecule has 0 spiro atoms. The van der Waals surface area contributed by atoms with Gasteiger partial charge in [-0.3, -0.25) is 4.79 Å². The highest BCUT2D eigenvalue weighted by Gasteiger charge is 2.29. The number of carbonyl (C=O) groups is 2. The van der Waals surface area contributed by atoms with Crippen molar-refractivity contribution in [3.05, 3.63) is 48.0 Å². The highest BCUT2D eigenvalue weighted by Crippen LogP contribution is 2.22. The normalized spacial score (nSPS) is 15.1. The van der Waals surface area contributed by atoms with Gasteiger partial charge in [-0.25, -0.2) is 4.79 Å². The van der Waals surface area contributed by atoms with E-state index in [1.54, 1.807) is 0 Å². The zero-order valence-electron chi connectivity index (χ0n) is 15.4. The molecule has 0 unspecified atom stereocenters. The molecule has 144 valence electrons. The van der Waals surface area contributed by atoms with E-state index in [0.29, 0.717) is 44.5 Å². The molecule has 0 aliphatic carbocycles. The molecular formula is C21H26N2O4. The molecule has 1 aliphatic rings. The van der Waals surface area contributed by atoms with Crippen molar-refractivity contribution in [3.8, 4) is 0 Å². The van der Waals surface area contributed by atoms with Crippen molar-refractivity contribution in [1.29, 1.82) is 0 Å². The largest absolute Gasteiger partial charge is 0.465 e. The number of aliphatic hydroxyl groups is 1. The maximum atomic E-state index is 13.2. The molecule has 3 rings (SSSR count). The summed E-state index contributed by atoms with van der Waals surface area (Å²) in [4.78, 5) is 27.6. The SMILES string of the molecule is O=C(O)N1CCC(N(CCCCO)C(=O)c2ccc3ccccc3c2)CC1. The lowest BCUT2D eigenvalue weighted by atomic mass is 10.0. The molecule has 0 atom stereocenters. The number of hydrogen-bond donors (Lipinski definition) is 2. The molecule has 0 radical (unpaired) electrons. The summed E-state index contributed by atoms with van der Waals surface area (Å²) in [5, 5.41) is 20.3. The molecule has 6 nitrogen and oxygen atoms in total. The molecule has 0 aromatic heterocycles. The topological polar surface area (TPSA) is 81.1 Å². The number of carbonyl (C=O) groups excluding carboxylic acids is 1. The Kier molecular flexibility index (Phi) is 6.29. The van der Waals surface area contributed by atoms with Gasteiger partial charge in [0, 0.05) is 37.8 Å². The van der Waals surface area contributed by atoms with Crippen LogP contribution in [0, 0.1) is 0 Å². The Bertz CT molecular complexity index is 800. The lowest BCUT2D eigenvalue weighted by Gasteiger charge is -2.38. The number of unbranched alkanes of at least 4 members (excludes halogenated alkanes) is 1. The van der Waals surface area contributed by atoms with Gasteiger partial charge in [0.15, 0.2) is 0 Å². The first kappa shape index (κ1) is 19.2. The first-order chi connectivity index (χ1) is 13.1. The smallest absolute Gasteiger partial charge is 0.407 e. The van der Waals surface area contributed by atoms with Crippen LogP contribution in [0.4, 0.5) is 4.79 Å². The quantitative estimate of drug-likeness (QED) is 0.765. The number of benzene rings is 2. The van der Waals surface area contributed by atoms with Crippen LogP contribution < -0.4 is 0 Å². The Morgan fingerprint density at radius 3 is 2.41 bits per heavy atom. The number of rotatable bonds is 6. The van der Waals surface area contributed by atoms with Crippen molar-refractivity contribution < 1.29 is 19.8 Å². The van der Waals surface area contributed by atoms with E-state index in [0.717, 1.165) is 17.2 Å². The molecule has 2 aromatic rings. The molecule has 1 aliphatic heterocycles. The second-order valence-corrected chi connectivity index (χ2v) is 6.99. The summed E-state index contributed by atoms with van der Waals surface area (Å²) in [6, 6.07) is 13.7. The lowest BCUT2D eigenvalue weighted by Crippen LogP contribution is -2.48. The van der Waals surface area contributed by atoms with Crippen molar-refractivity contribution in [1.82, 2.24) is 9.80 Å². The number of aliphatic hydroxyl groups excluding tert-OH is 1.